The summed E-state index contributed by atoms with van der Waals surface area (Å²) >= 11 is 0. The number of fused-ring (bicyclic) bond motifs is 1. The van der Waals surface area contributed by atoms with Crippen LogP contribution in [0.1, 0.15) is 20.3 Å². The second-order valence-corrected chi connectivity index (χ2v) is 5.42. The monoisotopic (exact) mass is 241 g/mol. The van der Waals surface area contributed by atoms with E-state index in [2.05, 4.69) is 35.9 Å². The zero-order valence-corrected chi connectivity index (χ0v) is 10.9. The molecule has 1 aliphatic heterocycles. The SMILES string of the molecule is CC1CC(C)N(c2ccc(N)c3ncccc23)C1. The van der Waals surface area contributed by atoms with Gasteiger partial charge in [-0.25, -0.2) is 0 Å². The number of aromatic nitrogens is 1. The lowest BCUT2D eigenvalue weighted by atomic mass is 10.1. The molecule has 1 saturated heterocycles. The van der Waals surface area contributed by atoms with Crippen molar-refractivity contribution in [1.29, 1.82) is 0 Å². The molecule has 3 nitrogen and oxygen atoms in total. The molecule has 2 heterocycles. The molecule has 0 bridgehead atoms. The second kappa shape index (κ2) is 4.16. The van der Waals surface area contributed by atoms with E-state index < -0.39 is 0 Å². The number of benzene rings is 1. The van der Waals surface area contributed by atoms with Crippen molar-refractivity contribution in [1.82, 2.24) is 4.98 Å². The molecule has 18 heavy (non-hydrogen) atoms. The Morgan fingerprint density at radius 1 is 1.28 bits per heavy atom. The fraction of sp³-hybridized carbons (Fsp3) is 0.400. The quantitative estimate of drug-likeness (QED) is 0.780. The van der Waals surface area contributed by atoms with Gasteiger partial charge < -0.3 is 10.6 Å². The minimum atomic E-state index is 0.590. The zero-order chi connectivity index (χ0) is 12.7. The van der Waals surface area contributed by atoms with E-state index >= 15 is 0 Å². The molecule has 0 saturated carbocycles. The van der Waals surface area contributed by atoms with Crippen molar-refractivity contribution in [2.75, 3.05) is 17.2 Å². The first-order valence-corrected chi connectivity index (χ1v) is 6.56. The van der Waals surface area contributed by atoms with E-state index in [0.717, 1.165) is 23.7 Å². The number of nitrogens with zero attached hydrogens (tertiary/aromatic N) is 2. The number of rotatable bonds is 1. The summed E-state index contributed by atoms with van der Waals surface area (Å²) in [5.74, 6) is 0.754. The Bertz CT molecular complexity index is 579. The van der Waals surface area contributed by atoms with Crippen molar-refractivity contribution in [3.05, 3.63) is 30.5 Å². The standard InChI is InChI=1S/C15H19N3/c1-10-8-11(2)18(9-10)14-6-5-13(16)15-12(14)4-3-7-17-15/h3-7,10-11H,8-9,16H2,1-2H3. The summed E-state index contributed by atoms with van der Waals surface area (Å²) in [6.45, 7) is 5.73. The average molecular weight is 241 g/mol. The molecular formula is C15H19N3. The number of hydrogen-bond donors (Lipinski definition) is 1. The number of anilines is 2. The van der Waals surface area contributed by atoms with E-state index in [1.807, 2.05) is 12.1 Å². The Hall–Kier alpha value is -1.77. The lowest BCUT2D eigenvalue weighted by molar-refractivity contribution is 0.625. The highest BCUT2D eigenvalue weighted by molar-refractivity contribution is 5.98. The van der Waals surface area contributed by atoms with Gasteiger partial charge in [-0.1, -0.05) is 6.92 Å². The van der Waals surface area contributed by atoms with Gasteiger partial charge in [-0.3, -0.25) is 4.98 Å². The van der Waals surface area contributed by atoms with E-state index in [9.17, 15) is 0 Å². The van der Waals surface area contributed by atoms with Crippen LogP contribution >= 0.6 is 0 Å². The molecule has 2 aromatic rings. The Balaban J connectivity index is 2.15. The van der Waals surface area contributed by atoms with Crippen molar-refractivity contribution in [3.63, 3.8) is 0 Å². The molecule has 3 rings (SSSR count). The summed E-state index contributed by atoms with van der Waals surface area (Å²) in [6.07, 6.45) is 3.06. The molecule has 94 valence electrons. The maximum Gasteiger partial charge on any atom is 0.0951 e. The second-order valence-electron chi connectivity index (χ2n) is 5.42. The van der Waals surface area contributed by atoms with Crippen LogP contribution in [0.3, 0.4) is 0 Å². The van der Waals surface area contributed by atoms with Gasteiger partial charge >= 0.3 is 0 Å². The molecule has 2 unspecified atom stereocenters. The van der Waals surface area contributed by atoms with Crippen LogP contribution in [0.25, 0.3) is 10.9 Å². The third-order valence-corrected chi connectivity index (χ3v) is 3.87. The minimum Gasteiger partial charge on any atom is -0.397 e. The smallest absolute Gasteiger partial charge is 0.0951 e. The van der Waals surface area contributed by atoms with Crippen LogP contribution in [0.2, 0.25) is 0 Å². The zero-order valence-electron chi connectivity index (χ0n) is 10.9. The normalized spacial score (nSPS) is 23.8. The van der Waals surface area contributed by atoms with Gasteiger partial charge in [-0.2, -0.15) is 0 Å². The molecule has 1 aromatic heterocycles. The van der Waals surface area contributed by atoms with E-state index in [1.165, 1.54) is 17.5 Å². The van der Waals surface area contributed by atoms with Gasteiger partial charge in [0.15, 0.2) is 0 Å². The van der Waals surface area contributed by atoms with E-state index in [1.54, 1.807) is 6.20 Å². The average Bonchev–Trinajstić information content (AvgIpc) is 2.69. The fourth-order valence-corrected chi connectivity index (χ4v) is 3.07. The van der Waals surface area contributed by atoms with Crippen molar-refractivity contribution in [2.45, 2.75) is 26.3 Å². The molecule has 3 heteroatoms. The highest BCUT2D eigenvalue weighted by Gasteiger charge is 2.27. The van der Waals surface area contributed by atoms with Gasteiger partial charge in [-0.05, 0) is 43.5 Å². The van der Waals surface area contributed by atoms with Gasteiger partial charge in [0.25, 0.3) is 0 Å². The molecule has 2 atom stereocenters. The van der Waals surface area contributed by atoms with Gasteiger partial charge in [-0.15, -0.1) is 0 Å². The Kier molecular flexibility index (Phi) is 2.62. The Morgan fingerprint density at radius 3 is 2.83 bits per heavy atom. The van der Waals surface area contributed by atoms with Crippen LogP contribution in [0.5, 0.6) is 0 Å². The minimum absolute atomic E-state index is 0.590. The molecular weight excluding hydrogens is 222 g/mol. The van der Waals surface area contributed by atoms with Gasteiger partial charge in [0, 0.05) is 29.9 Å². The fourth-order valence-electron chi connectivity index (χ4n) is 3.07. The number of pyridine rings is 1. The van der Waals surface area contributed by atoms with Gasteiger partial charge in [0.2, 0.25) is 0 Å². The van der Waals surface area contributed by atoms with Crippen LogP contribution in [0, 0.1) is 5.92 Å². The molecule has 0 spiro atoms. The number of hydrogen-bond acceptors (Lipinski definition) is 3. The first kappa shape index (κ1) is 11.3. The summed E-state index contributed by atoms with van der Waals surface area (Å²) in [4.78, 5) is 6.89. The summed E-state index contributed by atoms with van der Waals surface area (Å²) in [5, 5.41) is 1.17. The summed E-state index contributed by atoms with van der Waals surface area (Å²) < 4.78 is 0. The van der Waals surface area contributed by atoms with Crippen molar-refractivity contribution < 1.29 is 0 Å². The highest BCUT2D eigenvalue weighted by Crippen LogP contribution is 2.35. The van der Waals surface area contributed by atoms with E-state index in [0.29, 0.717) is 6.04 Å². The van der Waals surface area contributed by atoms with Crippen molar-refractivity contribution >= 4 is 22.3 Å². The highest BCUT2D eigenvalue weighted by atomic mass is 15.2. The Labute approximate surface area is 108 Å². The van der Waals surface area contributed by atoms with Crippen LogP contribution in [0.4, 0.5) is 11.4 Å². The third-order valence-electron chi connectivity index (χ3n) is 3.87. The lowest BCUT2D eigenvalue weighted by Crippen LogP contribution is -2.26. The van der Waals surface area contributed by atoms with E-state index in [-0.39, 0.29) is 0 Å². The van der Waals surface area contributed by atoms with E-state index in [4.69, 9.17) is 5.73 Å². The van der Waals surface area contributed by atoms with Gasteiger partial charge in [0.05, 0.1) is 11.2 Å². The molecule has 2 N–H and O–H groups in total. The number of nitrogen functional groups attached to an aromatic ring is 1. The summed E-state index contributed by atoms with van der Waals surface area (Å²) in [6, 6.07) is 8.79. The molecule has 0 radical (unpaired) electrons. The molecule has 0 aliphatic carbocycles. The van der Waals surface area contributed by atoms with Crippen LogP contribution in [-0.4, -0.2) is 17.6 Å². The number of nitrogens with two attached hydrogens (primary N) is 1. The molecule has 1 aliphatic rings. The largest absolute Gasteiger partial charge is 0.397 e. The van der Waals surface area contributed by atoms with Crippen LogP contribution in [0.15, 0.2) is 30.5 Å². The topological polar surface area (TPSA) is 42.1 Å². The first-order chi connectivity index (χ1) is 8.66. The van der Waals surface area contributed by atoms with Crippen molar-refractivity contribution in [2.24, 2.45) is 5.92 Å². The lowest BCUT2D eigenvalue weighted by Gasteiger charge is -2.25. The van der Waals surface area contributed by atoms with Gasteiger partial charge in [0.1, 0.15) is 0 Å². The predicted molar refractivity (Wildman–Crippen MR) is 76.7 cm³/mol. The summed E-state index contributed by atoms with van der Waals surface area (Å²) in [5.41, 5.74) is 8.95. The van der Waals surface area contributed by atoms with Crippen LogP contribution in [-0.2, 0) is 0 Å². The Morgan fingerprint density at radius 2 is 2.11 bits per heavy atom. The molecule has 1 fully saturated rings. The first-order valence-electron chi connectivity index (χ1n) is 6.56. The third kappa shape index (κ3) is 1.70. The molecule has 0 amide bonds. The maximum atomic E-state index is 6.00. The van der Waals surface area contributed by atoms with Crippen molar-refractivity contribution in [3.8, 4) is 0 Å². The molecule has 1 aromatic carbocycles. The summed E-state index contributed by atoms with van der Waals surface area (Å²) in [7, 11) is 0. The maximum absolute atomic E-state index is 6.00. The predicted octanol–water partition coefficient (Wildman–Crippen LogP) is 3.05. The van der Waals surface area contributed by atoms with Crippen LogP contribution < -0.4 is 10.6 Å².